The highest BCUT2D eigenvalue weighted by Crippen LogP contribution is 2.50. The molecule has 10 heteroatoms. The van der Waals surface area contributed by atoms with Gasteiger partial charge in [0.05, 0.1) is 6.10 Å². The van der Waals surface area contributed by atoms with Gasteiger partial charge < -0.3 is 28.8 Å². The fourth-order valence-corrected chi connectivity index (χ4v) is 4.85. The van der Waals surface area contributed by atoms with Gasteiger partial charge in [-0.1, -0.05) is 23.8 Å². The second kappa shape index (κ2) is 12.5. The average molecular weight is 551 g/mol. The largest absolute Gasteiger partial charge is 0.459 e. The van der Waals surface area contributed by atoms with Crippen molar-refractivity contribution in [2.24, 2.45) is 5.92 Å². The van der Waals surface area contributed by atoms with Crippen LogP contribution >= 0.6 is 0 Å². The summed E-state index contributed by atoms with van der Waals surface area (Å²) in [6.07, 6.45) is -2.41. The minimum absolute atomic E-state index is 0.00581. The fraction of sp³-hybridized carbons (Fsp3) is 0.655. The first kappa shape index (κ1) is 32.2. The van der Waals surface area contributed by atoms with Crippen LogP contribution in [0.3, 0.4) is 0 Å². The number of aliphatic hydroxyl groups is 1. The van der Waals surface area contributed by atoms with E-state index in [0.29, 0.717) is 16.7 Å². The third kappa shape index (κ3) is 7.79. The van der Waals surface area contributed by atoms with Crippen molar-refractivity contribution in [3.8, 4) is 0 Å². The van der Waals surface area contributed by atoms with Crippen LogP contribution in [0.1, 0.15) is 75.2 Å². The molecular weight excluding hydrogens is 508 g/mol. The maximum absolute atomic E-state index is 12.8. The van der Waals surface area contributed by atoms with Crippen molar-refractivity contribution in [3.63, 3.8) is 0 Å². The van der Waals surface area contributed by atoms with Crippen LogP contribution in [0.2, 0.25) is 0 Å². The minimum Gasteiger partial charge on any atom is -0.459 e. The third-order valence-electron chi connectivity index (χ3n) is 7.34. The Morgan fingerprint density at radius 1 is 0.897 bits per heavy atom. The molecule has 2 aliphatic rings. The number of allylic oxidation sites excluding steroid dienone is 2. The Morgan fingerprint density at radius 3 is 1.95 bits per heavy atom. The van der Waals surface area contributed by atoms with Crippen LogP contribution in [0.5, 0.6) is 0 Å². The van der Waals surface area contributed by atoms with E-state index in [1.807, 2.05) is 0 Å². The molecule has 0 spiro atoms. The summed E-state index contributed by atoms with van der Waals surface area (Å²) in [6.45, 7) is 18.1. The average Bonchev–Trinajstić information content (AvgIpc) is 3.46. The molecule has 0 aromatic rings. The van der Waals surface area contributed by atoms with Gasteiger partial charge in [-0.25, -0.2) is 9.59 Å². The molecule has 8 atom stereocenters. The van der Waals surface area contributed by atoms with E-state index in [1.165, 1.54) is 26.8 Å². The quantitative estimate of drug-likeness (QED) is 0.165. The number of hydrogen-bond donors (Lipinski definition) is 1. The standard InChI is InChI=1S/C29H42O10/c1-11-17(6)27(33)37-22-14-23-29(10,39-23)26(36-19(8)31)25(38-24(32)12-15(2)3)20(16(4)5)13-21(28(22,9)34)35-18(7)30/h11-12,20-23,25-26,34H,4,13-14H2,1-3,5-10H3/b17-11-/t20-,21-,22+,23-,25+,26+,28+,29-/m1/s1. The van der Waals surface area contributed by atoms with Gasteiger partial charge in [-0.15, -0.1) is 0 Å². The number of ether oxygens (including phenoxy) is 5. The predicted octanol–water partition coefficient (Wildman–Crippen LogP) is 3.50. The molecule has 0 amide bonds. The molecule has 1 aliphatic carbocycles. The van der Waals surface area contributed by atoms with Gasteiger partial charge in [0.2, 0.25) is 0 Å². The van der Waals surface area contributed by atoms with E-state index in [2.05, 4.69) is 6.58 Å². The lowest BCUT2D eigenvalue weighted by atomic mass is 9.75. The van der Waals surface area contributed by atoms with Crippen LogP contribution in [0.15, 0.2) is 35.5 Å². The van der Waals surface area contributed by atoms with Gasteiger partial charge in [0.1, 0.15) is 29.5 Å². The number of carbonyl (C=O) groups is 4. The van der Waals surface area contributed by atoms with Crippen molar-refractivity contribution < 1.29 is 48.0 Å². The van der Waals surface area contributed by atoms with E-state index < -0.39 is 71.5 Å². The van der Waals surface area contributed by atoms with Crippen molar-refractivity contribution in [1.29, 1.82) is 0 Å². The monoisotopic (exact) mass is 550 g/mol. The molecule has 1 N–H and O–H groups in total. The normalized spacial score (nSPS) is 34.5. The fourth-order valence-electron chi connectivity index (χ4n) is 4.85. The number of fused-ring (bicyclic) bond motifs is 1. The smallest absolute Gasteiger partial charge is 0.333 e. The van der Waals surface area contributed by atoms with Gasteiger partial charge in [-0.05, 0) is 54.9 Å². The number of rotatable bonds is 7. The number of epoxide rings is 1. The van der Waals surface area contributed by atoms with E-state index in [0.717, 1.165) is 0 Å². The van der Waals surface area contributed by atoms with Crippen molar-refractivity contribution in [2.75, 3.05) is 0 Å². The first-order valence-electron chi connectivity index (χ1n) is 13.0. The molecule has 0 aromatic heterocycles. The second-order valence-corrected chi connectivity index (χ2v) is 11.1. The molecule has 1 heterocycles. The molecule has 218 valence electrons. The van der Waals surface area contributed by atoms with E-state index in [9.17, 15) is 24.3 Å². The second-order valence-electron chi connectivity index (χ2n) is 11.1. The predicted molar refractivity (Wildman–Crippen MR) is 141 cm³/mol. The Hall–Kier alpha value is -2.98. The van der Waals surface area contributed by atoms with Crippen LogP contribution in [0, 0.1) is 5.92 Å². The van der Waals surface area contributed by atoms with Gasteiger partial charge >= 0.3 is 23.9 Å². The summed E-state index contributed by atoms with van der Waals surface area (Å²) in [5.74, 6) is -3.36. The van der Waals surface area contributed by atoms with Crippen LogP contribution < -0.4 is 0 Å². The molecular formula is C29H42O10. The maximum Gasteiger partial charge on any atom is 0.333 e. The lowest BCUT2D eigenvalue weighted by molar-refractivity contribution is -0.198. The summed E-state index contributed by atoms with van der Waals surface area (Å²) in [5.41, 5.74) is -1.46. The topological polar surface area (TPSA) is 138 Å². The van der Waals surface area contributed by atoms with Crippen LogP contribution in [0.25, 0.3) is 0 Å². The zero-order valence-electron chi connectivity index (χ0n) is 24.4. The van der Waals surface area contributed by atoms with Gasteiger partial charge in [0.15, 0.2) is 6.10 Å². The molecule has 2 rings (SSSR count). The van der Waals surface area contributed by atoms with Crippen molar-refractivity contribution >= 4 is 23.9 Å². The number of carbonyl (C=O) groups excluding carboxylic acids is 4. The van der Waals surface area contributed by atoms with E-state index >= 15 is 0 Å². The third-order valence-corrected chi connectivity index (χ3v) is 7.34. The van der Waals surface area contributed by atoms with Gasteiger partial charge in [0, 0.05) is 37.8 Å². The van der Waals surface area contributed by atoms with Crippen LogP contribution in [0.4, 0.5) is 0 Å². The first-order chi connectivity index (χ1) is 17.9. The van der Waals surface area contributed by atoms with Crippen molar-refractivity contribution in [1.82, 2.24) is 0 Å². The maximum atomic E-state index is 12.8. The molecule has 39 heavy (non-hydrogen) atoms. The molecule has 0 bridgehead atoms. The van der Waals surface area contributed by atoms with Gasteiger partial charge in [-0.3, -0.25) is 9.59 Å². The molecule has 2 fully saturated rings. The summed E-state index contributed by atoms with van der Waals surface area (Å²) in [7, 11) is 0. The molecule has 1 saturated carbocycles. The Labute approximate surface area is 230 Å². The van der Waals surface area contributed by atoms with Crippen LogP contribution in [-0.2, 0) is 42.9 Å². The summed E-state index contributed by atoms with van der Waals surface area (Å²) < 4.78 is 29.0. The summed E-state index contributed by atoms with van der Waals surface area (Å²) in [4.78, 5) is 50.0. The molecule has 10 nitrogen and oxygen atoms in total. The highest BCUT2D eigenvalue weighted by molar-refractivity contribution is 5.87. The van der Waals surface area contributed by atoms with Crippen molar-refractivity contribution in [3.05, 3.63) is 35.5 Å². The Kier molecular flexibility index (Phi) is 10.3. The Morgan fingerprint density at radius 2 is 1.46 bits per heavy atom. The minimum atomic E-state index is -1.88. The summed E-state index contributed by atoms with van der Waals surface area (Å²) in [6, 6.07) is 0. The molecule has 0 aromatic carbocycles. The lowest BCUT2D eigenvalue weighted by Gasteiger charge is -2.43. The summed E-state index contributed by atoms with van der Waals surface area (Å²) in [5, 5.41) is 11.8. The molecule has 1 aliphatic heterocycles. The van der Waals surface area contributed by atoms with E-state index in [-0.39, 0.29) is 12.8 Å². The van der Waals surface area contributed by atoms with E-state index in [4.69, 9.17) is 23.7 Å². The van der Waals surface area contributed by atoms with Crippen molar-refractivity contribution in [2.45, 2.75) is 117 Å². The van der Waals surface area contributed by atoms with Gasteiger partial charge in [0.25, 0.3) is 0 Å². The number of esters is 4. The summed E-state index contributed by atoms with van der Waals surface area (Å²) >= 11 is 0. The Balaban J connectivity index is 2.71. The van der Waals surface area contributed by atoms with Crippen LogP contribution in [-0.4, -0.2) is 70.7 Å². The van der Waals surface area contributed by atoms with E-state index in [1.54, 1.807) is 47.6 Å². The zero-order valence-corrected chi connectivity index (χ0v) is 24.4. The molecule has 0 radical (unpaired) electrons. The number of hydrogen-bond acceptors (Lipinski definition) is 10. The SMILES string of the molecule is C=C(C)[C@H]1C[C@@H](OC(C)=O)[C@](C)(O)[C@@H](OC(=O)/C(C)=C\C)C[C@H]2O[C@@]2(C)[C@@H](OC(C)=O)[C@H]1OC(=O)C=C(C)C. The first-order valence-corrected chi connectivity index (χ1v) is 13.0. The highest BCUT2D eigenvalue weighted by Gasteiger charge is 2.66. The Bertz CT molecular complexity index is 1050. The molecule has 1 saturated heterocycles. The van der Waals surface area contributed by atoms with Gasteiger partial charge in [-0.2, -0.15) is 0 Å². The highest BCUT2D eigenvalue weighted by atomic mass is 16.7. The zero-order chi connectivity index (χ0) is 29.9. The molecule has 0 unspecified atom stereocenters. The lowest BCUT2D eigenvalue weighted by Crippen LogP contribution is -2.58.